The molecule has 0 spiro atoms. The Balaban J connectivity index is 2.55. The summed E-state index contributed by atoms with van der Waals surface area (Å²) < 4.78 is 4.95. The van der Waals surface area contributed by atoms with Gasteiger partial charge in [-0.25, -0.2) is 4.79 Å². The van der Waals surface area contributed by atoms with Crippen LogP contribution < -0.4 is 10.5 Å². The summed E-state index contributed by atoms with van der Waals surface area (Å²) in [7, 11) is 0. The van der Waals surface area contributed by atoms with Crippen LogP contribution in [0.2, 0.25) is 0 Å². The molecule has 0 aliphatic heterocycles. The molecule has 3 nitrogen and oxygen atoms in total. The van der Waals surface area contributed by atoms with Crippen molar-refractivity contribution in [3.8, 4) is 5.75 Å². The highest BCUT2D eigenvalue weighted by molar-refractivity contribution is 7.80. The number of carbonyl (C=O) groups excluding carboxylic acids is 1. The quantitative estimate of drug-likeness (QED) is 0.429. The molecule has 4 heteroatoms. The zero-order chi connectivity index (χ0) is 9.68. The van der Waals surface area contributed by atoms with Crippen molar-refractivity contribution < 1.29 is 9.53 Å². The number of rotatable bonds is 3. The van der Waals surface area contributed by atoms with Gasteiger partial charge in [-0.2, -0.15) is 12.6 Å². The molecule has 2 N–H and O–H groups in total. The van der Waals surface area contributed by atoms with E-state index >= 15 is 0 Å². The van der Waals surface area contributed by atoms with Crippen molar-refractivity contribution >= 4 is 18.6 Å². The molecule has 0 saturated heterocycles. The fourth-order valence-electron chi connectivity index (χ4n) is 0.755. The fourth-order valence-corrected chi connectivity index (χ4v) is 0.904. The van der Waals surface area contributed by atoms with E-state index in [4.69, 9.17) is 10.5 Å². The van der Waals surface area contributed by atoms with Gasteiger partial charge in [0.05, 0.1) is 0 Å². The summed E-state index contributed by atoms with van der Waals surface area (Å²) in [4.78, 5) is 11.1. The first-order valence-electron chi connectivity index (χ1n) is 3.87. The van der Waals surface area contributed by atoms with Crippen molar-refractivity contribution in [2.45, 2.75) is 6.04 Å². The first-order chi connectivity index (χ1) is 6.24. The van der Waals surface area contributed by atoms with Crippen molar-refractivity contribution in [3.63, 3.8) is 0 Å². The Bertz CT molecular complexity index is 276. The average molecular weight is 197 g/mol. The van der Waals surface area contributed by atoms with Crippen LogP contribution in [0.4, 0.5) is 0 Å². The van der Waals surface area contributed by atoms with Crippen LogP contribution in [-0.2, 0) is 4.79 Å². The minimum Gasteiger partial charge on any atom is -0.425 e. The van der Waals surface area contributed by atoms with Gasteiger partial charge < -0.3 is 10.5 Å². The van der Waals surface area contributed by atoms with Gasteiger partial charge in [0.1, 0.15) is 11.8 Å². The van der Waals surface area contributed by atoms with Crippen LogP contribution in [0.1, 0.15) is 0 Å². The van der Waals surface area contributed by atoms with E-state index in [1.54, 1.807) is 24.3 Å². The van der Waals surface area contributed by atoms with Crippen molar-refractivity contribution in [1.82, 2.24) is 0 Å². The van der Waals surface area contributed by atoms with Gasteiger partial charge in [0, 0.05) is 5.75 Å². The largest absolute Gasteiger partial charge is 0.425 e. The number of para-hydroxylation sites is 1. The van der Waals surface area contributed by atoms with Gasteiger partial charge in [-0.15, -0.1) is 0 Å². The molecule has 0 heterocycles. The van der Waals surface area contributed by atoms with Crippen LogP contribution in [0.3, 0.4) is 0 Å². The number of ether oxygens (including phenoxy) is 1. The van der Waals surface area contributed by atoms with E-state index in [0.717, 1.165) is 0 Å². The summed E-state index contributed by atoms with van der Waals surface area (Å²) in [6, 6.07) is 8.15. The Morgan fingerprint density at radius 2 is 2.08 bits per heavy atom. The first-order valence-corrected chi connectivity index (χ1v) is 4.50. The number of benzene rings is 1. The monoisotopic (exact) mass is 197 g/mol. The predicted molar refractivity (Wildman–Crippen MR) is 53.9 cm³/mol. The molecule has 0 bridgehead atoms. The molecule has 0 unspecified atom stereocenters. The van der Waals surface area contributed by atoms with Gasteiger partial charge in [-0.1, -0.05) is 18.2 Å². The van der Waals surface area contributed by atoms with Crippen molar-refractivity contribution in [2.75, 3.05) is 5.75 Å². The predicted octanol–water partition coefficient (Wildman–Crippen LogP) is 0.849. The molecule has 0 fully saturated rings. The lowest BCUT2D eigenvalue weighted by atomic mass is 10.3. The molecular weight excluding hydrogens is 186 g/mol. The number of thiol groups is 1. The maximum absolute atomic E-state index is 11.1. The van der Waals surface area contributed by atoms with E-state index in [2.05, 4.69) is 12.6 Å². The number of esters is 1. The maximum Gasteiger partial charge on any atom is 0.329 e. The van der Waals surface area contributed by atoms with E-state index in [1.807, 2.05) is 6.07 Å². The second kappa shape index (κ2) is 4.89. The second-order valence-electron chi connectivity index (χ2n) is 2.52. The number of hydrogen-bond acceptors (Lipinski definition) is 4. The van der Waals surface area contributed by atoms with Crippen LogP contribution in [0.5, 0.6) is 5.75 Å². The number of hydrogen-bond donors (Lipinski definition) is 2. The highest BCUT2D eigenvalue weighted by Gasteiger charge is 2.13. The molecule has 1 aromatic carbocycles. The summed E-state index contributed by atoms with van der Waals surface area (Å²) in [5.74, 6) is 0.331. The molecule has 0 radical (unpaired) electrons. The molecule has 70 valence electrons. The third-order valence-corrected chi connectivity index (χ3v) is 1.85. The van der Waals surface area contributed by atoms with Crippen molar-refractivity contribution in [3.05, 3.63) is 30.3 Å². The minimum atomic E-state index is -0.663. The summed E-state index contributed by atoms with van der Waals surface area (Å²) in [6.45, 7) is 0. The molecule has 0 amide bonds. The lowest BCUT2D eigenvalue weighted by Gasteiger charge is -2.07. The Labute approximate surface area is 82.3 Å². The van der Waals surface area contributed by atoms with Crippen LogP contribution in [-0.4, -0.2) is 17.8 Å². The smallest absolute Gasteiger partial charge is 0.329 e. The van der Waals surface area contributed by atoms with Gasteiger partial charge in [0.15, 0.2) is 0 Å². The zero-order valence-electron chi connectivity index (χ0n) is 7.01. The summed E-state index contributed by atoms with van der Waals surface area (Å²) >= 11 is 3.90. The van der Waals surface area contributed by atoms with Crippen molar-refractivity contribution in [2.24, 2.45) is 5.73 Å². The lowest BCUT2D eigenvalue weighted by molar-refractivity contribution is -0.135. The van der Waals surface area contributed by atoms with Gasteiger partial charge in [0.2, 0.25) is 0 Å². The Morgan fingerprint density at radius 1 is 1.46 bits per heavy atom. The van der Waals surface area contributed by atoms with Crippen molar-refractivity contribution in [1.29, 1.82) is 0 Å². The van der Waals surface area contributed by atoms with E-state index in [1.165, 1.54) is 0 Å². The van der Waals surface area contributed by atoms with Gasteiger partial charge in [0.25, 0.3) is 0 Å². The molecular formula is C9H11NO2S. The normalized spacial score (nSPS) is 12.2. The standard InChI is InChI=1S/C9H11NO2S/c10-8(6-13)9(11)12-7-4-2-1-3-5-7/h1-5,8,13H,6,10H2/t8-/m1/s1. The van der Waals surface area contributed by atoms with E-state index in [0.29, 0.717) is 5.75 Å². The second-order valence-corrected chi connectivity index (χ2v) is 2.89. The summed E-state index contributed by atoms with van der Waals surface area (Å²) in [6.07, 6.45) is 0. The third kappa shape index (κ3) is 3.08. The van der Waals surface area contributed by atoms with E-state index < -0.39 is 12.0 Å². The SMILES string of the molecule is N[C@H](CS)C(=O)Oc1ccccc1. The average Bonchev–Trinajstić information content (AvgIpc) is 2.18. The van der Waals surface area contributed by atoms with Crippen LogP contribution in [0, 0.1) is 0 Å². The maximum atomic E-state index is 11.1. The fraction of sp³-hybridized carbons (Fsp3) is 0.222. The Kier molecular flexibility index (Phi) is 3.79. The Morgan fingerprint density at radius 3 is 2.62 bits per heavy atom. The third-order valence-electron chi connectivity index (χ3n) is 1.46. The first kappa shape index (κ1) is 10.1. The van der Waals surface area contributed by atoms with Crippen LogP contribution >= 0.6 is 12.6 Å². The molecule has 1 atom stereocenters. The molecule has 1 rings (SSSR count). The van der Waals surface area contributed by atoms with Gasteiger partial charge >= 0.3 is 5.97 Å². The number of carbonyl (C=O) groups is 1. The molecule has 1 aromatic rings. The topological polar surface area (TPSA) is 52.3 Å². The Hall–Kier alpha value is -1.00. The molecule has 0 aliphatic carbocycles. The van der Waals surface area contributed by atoms with E-state index in [9.17, 15) is 4.79 Å². The highest BCUT2D eigenvalue weighted by atomic mass is 32.1. The van der Waals surface area contributed by atoms with Gasteiger partial charge in [-0.05, 0) is 12.1 Å². The molecule has 13 heavy (non-hydrogen) atoms. The molecule has 0 aliphatic rings. The molecule has 0 aromatic heterocycles. The van der Waals surface area contributed by atoms with E-state index in [-0.39, 0.29) is 5.75 Å². The minimum absolute atomic E-state index is 0.283. The lowest BCUT2D eigenvalue weighted by Crippen LogP contribution is -2.35. The highest BCUT2D eigenvalue weighted by Crippen LogP contribution is 2.08. The van der Waals surface area contributed by atoms with Gasteiger partial charge in [-0.3, -0.25) is 0 Å². The zero-order valence-corrected chi connectivity index (χ0v) is 7.91. The molecule has 0 saturated carbocycles. The summed E-state index contributed by atoms with van der Waals surface area (Å²) in [5, 5.41) is 0. The summed E-state index contributed by atoms with van der Waals surface area (Å²) in [5.41, 5.74) is 5.41. The van der Waals surface area contributed by atoms with Crippen LogP contribution in [0.25, 0.3) is 0 Å². The number of nitrogens with two attached hydrogens (primary N) is 1. The van der Waals surface area contributed by atoms with Crippen LogP contribution in [0.15, 0.2) is 30.3 Å².